The molecule has 0 N–H and O–H groups in total. The number of rotatable bonds is 2. The van der Waals surface area contributed by atoms with E-state index in [2.05, 4.69) is 32.0 Å². The summed E-state index contributed by atoms with van der Waals surface area (Å²) in [6.45, 7) is 3.80. The number of aryl methyl sites for hydroxylation is 1. The third-order valence-electron chi connectivity index (χ3n) is 3.25. The molecule has 4 heteroatoms. The zero-order chi connectivity index (χ0) is 13.1. The van der Waals surface area contributed by atoms with Gasteiger partial charge in [0.05, 0.1) is 0 Å². The minimum Gasteiger partial charge on any atom is -0.336 e. The monoisotopic (exact) mass is 252 g/mol. The zero-order valence-corrected chi connectivity index (χ0v) is 11.0. The third-order valence-corrected chi connectivity index (χ3v) is 3.25. The van der Waals surface area contributed by atoms with Gasteiger partial charge in [-0.05, 0) is 36.6 Å². The summed E-state index contributed by atoms with van der Waals surface area (Å²) in [6, 6.07) is 5.99. The van der Waals surface area contributed by atoms with E-state index in [1.807, 2.05) is 31.5 Å². The molecule has 19 heavy (non-hydrogen) atoms. The van der Waals surface area contributed by atoms with Crippen molar-refractivity contribution in [3.05, 3.63) is 54.1 Å². The molecule has 0 saturated heterocycles. The number of anilines is 1. The van der Waals surface area contributed by atoms with E-state index in [0.717, 1.165) is 31.2 Å². The first-order chi connectivity index (χ1) is 9.33. The van der Waals surface area contributed by atoms with Crippen LogP contribution < -0.4 is 4.90 Å². The molecule has 0 amide bonds. The largest absolute Gasteiger partial charge is 0.336 e. The van der Waals surface area contributed by atoms with Crippen molar-refractivity contribution in [1.82, 2.24) is 15.0 Å². The molecular formula is C15H16N4. The maximum Gasteiger partial charge on any atom is 0.225 e. The highest BCUT2D eigenvalue weighted by Crippen LogP contribution is 2.22. The van der Waals surface area contributed by atoms with E-state index in [0.29, 0.717) is 0 Å². The number of hydrogen-bond acceptors (Lipinski definition) is 4. The Kier molecular flexibility index (Phi) is 3.23. The Morgan fingerprint density at radius 2 is 2.16 bits per heavy atom. The first-order valence-corrected chi connectivity index (χ1v) is 6.47. The number of hydrogen-bond donors (Lipinski definition) is 0. The van der Waals surface area contributed by atoms with Gasteiger partial charge in [-0.3, -0.25) is 4.98 Å². The van der Waals surface area contributed by atoms with Crippen LogP contribution in [0.2, 0.25) is 0 Å². The first-order valence-electron chi connectivity index (χ1n) is 6.47. The van der Waals surface area contributed by atoms with Gasteiger partial charge < -0.3 is 4.90 Å². The van der Waals surface area contributed by atoms with Gasteiger partial charge in [-0.15, -0.1) is 0 Å². The molecule has 0 atom stereocenters. The molecular weight excluding hydrogens is 236 g/mol. The lowest BCUT2D eigenvalue weighted by atomic mass is 10.0. The Bertz CT molecular complexity index is 592. The van der Waals surface area contributed by atoms with E-state index in [4.69, 9.17) is 0 Å². The summed E-state index contributed by atoms with van der Waals surface area (Å²) in [4.78, 5) is 15.3. The smallest absolute Gasteiger partial charge is 0.225 e. The molecule has 0 aliphatic carbocycles. The van der Waals surface area contributed by atoms with E-state index >= 15 is 0 Å². The standard InChI is InChI=1S/C15H16N4/c1-12-6-8-17-15(18-12)19-9-3-5-14(11-19)13-4-2-7-16-10-13/h2,4-8,10H,3,9,11H2,1H3. The van der Waals surface area contributed by atoms with E-state index in [1.54, 1.807) is 6.20 Å². The van der Waals surface area contributed by atoms with Gasteiger partial charge in [0.2, 0.25) is 5.95 Å². The highest BCUT2D eigenvalue weighted by Gasteiger charge is 2.16. The second-order valence-electron chi connectivity index (χ2n) is 4.68. The predicted molar refractivity (Wildman–Crippen MR) is 75.8 cm³/mol. The van der Waals surface area contributed by atoms with Crippen molar-refractivity contribution < 1.29 is 0 Å². The summed E-state index contributed by atoms with van der Waals surface area (Å²) < 4.78 is 0. The fourth-order valence-corrected chi connectivity index (χ4v) is 2.26. The second-order valence-corrected chi connectivity index (χ2v) is 4.68. The summed E-state index contributed by atoms with van der Waals surface area (Å²) in [6.07, 6.45) is 8.82. The van der Waals surface area contributed by atoms with Crippen molar-refractivity contribution in [1.29, 1.82) is 0 Å². The van der Waals surface area contributed by atoms with Crippen LogP contribution in [0.5, 0.6) is 0 Å². The quantitative estimate of drug-likeness (QED) is 0.823. The van der Waals surface area contributed by atoms with E-state index < -0.39 is 0 Å². The van der Waals surface area contributed by atoms with Crippen LogP contribution in [0, 0.1) is 6.92 Å². The minimum absolute atomic E-state index is 0.814. The molecule has 1 aliphatic rings. The zero-order valence-electron chi connectivity index (χ0n) is 11.0. The summed E-state index contributed by atoms with van der Waals surface area (Å²) in [7, 11) is 0. The molecule has 1 aliphatic heterocycles. The Labute approximate surface area is 112 Å². The molecule has 0 bridgehead atoms. The van der Waals surface area contributed by atoms with Crippen LogP contribution in [0.1, 0.15) is 17.7 Å². The molecule has 0 radical (unpaired) electrons. The molecule has 0 spiro atoms. The SMILES string of the molecule is Cc1ccnc(N2CCC=C(c3cccnc3)C2)n1. The van der Waals surface area contributed by atoms with Gasteiger partial charge in [0.1, 0.15) is 0 Å². The highest BCUT2D eigenvalue weighted by atomic mass is 15.2. The molecule has 96 valence electrons. The van der Waals surface area contributed by atoms with E-state index in [-0.39, 0.29) is 0 Å². The van der Waals surface area contributed by atoms with Crippen molar-refractivity contribution in [2.45, 2.75) is 13.3 Å². The normalized spacial score (nSPS) is 15.2. The van der Waals surface area contributed by atoms with E-state index in [1.165, 1.54) is 11.1 Å². The van der Waals surface area contributed by atoms with Gasteiger partial charge in [-0.2, -0.15) is 0 Å². The number of aromatic nitrogens is 3. The highest BCUT2D eigenvalue weighted by molar-refractivity contribution is 5.70. The maximum absolute atomic E-state index is 4.50. The lowest BCUT2D eigenvalue weighted by molar-refractivity contribution is 0.792. The Morgan fingerprint density at radius 3 is 2.95 bits per heavy atom. The van der Waals surface area contributed by atoms with Crippen LogP contribution in [-0.2, 0) is 0 Å². The van der Waals surface area contributed by atoms with Gasteiger partial charge in [-0.1, -0.05) is 12.1 Å². The van der Waals surface area contributed by atoms with Gasteiger partial charge >= 0.3 is 0 Å². The fourth-order valence-electron chi connectivity index (χ4n) is 2.26. The average Bonchev–Trinajstić information content (AvgIpc) is 2.48. The molecule has 3 rings (SSSR count). The van der Waals surface area contributed by atoms with Crippen LogP contribution in [0.15, 0.2) is 42.9 Å². The maximum atomic E-state index is 4.50. The number of pyridine rings is 1. The molecule has 0 aromatic carbocycles. The van der Waals surface area contributed by atoms with Crippen LogP contribution in [0.25, 0.3) is 5.57 Å². The molecule has 4 nitrogen and oxygen atoms in total. The predicted octanol–water partition coefficient (Wildman–Crippen LogP) is 2.47. The van der Waals surface area contributed by atoms with Crippen LogP contribution >= 0.6 is 0 Å². The van der Waals surface area contributed by atoms with Gasteiger partial charge in [0, 0.05) is 37.4 Å². The van der Waals surface area contributed by atoms with Crippen molar-refractivity contribution in [2.24, 2.45) is 0 Å². The Balaban J connectivity index is 1.83. The van der Waals surface area contributed by atoms with E-state index in [9.17, 15) is 0 Å². The molecule has 0 saturated carbocycles. The summed E-state index contributed by atoms with van der Waals surface area (Å²) in [5, 5.41) is 0. The summed E-state index contributed by atoms with van der Waals surface area (Å²) in [5.41, 5.74) is 3.48. The van der Waals surface area contributed by atoms with Crippen LogP contribution in [0.3, 0.4) is 0 Å². The molecule has 2 aromatic heterocycles. The second kappa shape index (κ2) is 5.18. The van der Waals surface area contributed by atoms with Crippen molar-refractivity contribution in [2.75, 3.05) is 18.0 Å². The number of nitrogens with zero attached hydrogens (tertiary/aromatic N) is 4. The molecule has 3 heterocycles. The average molecular weight is 252 g/mol. The third kappa shape index (κ3) is 2.62. The van der Waals surface area contributed by atoms with Crippen LogP contribution in [0.4, 0.5) is 5.95 Å². The minimum atomic E-state index is 0.814. The van der Waals surface area contributed by atoms with Crippen molar-refractivity contribution >= 4 is 11.5 Å². The van der Waals surface area contributed by atoms with Gasteiger partial charge in [0.15, 0.2) is 0 Å². The first kappa shape index (κ1) is 11.8. The van der Waals surface area contributed by atoms with Crippen molar-refractivity contribution in [3.8, 4) is 0 Å². The lowest BCUT2D eigenvalue weighted by Gasteiger charge is -2.27. The topological polar surface area (TPSA) is 41.9 Å². The Morgan fingerprint density at radius 1 is 1.21 bits per heavy atom. The fraction of sp³-hybridized carbons (Fsp3) is 0.267. The molecule has 0 fully saturated rings. The molecule has 2 aromatic rings. The van der Waals surface area contributed by atoms with Gasteiger partial charge in [0.25, 0.3) is 0 Å². The van der Waals surface area contributed by atoms with Gasteiger partial charge in [-0.25, -0.2) is 9.97 Å². The van der Waals surface area contributed by atoms with Crippen LogP contribution in [-0.4, -0.2) is 28.0 Å². The summed E-state index contributed by atoms with van der Waals surface area (Å²) in [5.74, 6) is 0.814. The van der Waals surface area contributed by atoms with Crippen molar-refractivity contribution in [3.63, 3.8) is 0 Å². The Hall–Kier alpha value is -2.23. The molecule has 0 unspecified atom stereocenters. The summed E-state index contributed by atoms with van der Waals surface area (Å²) >= 11 is 0. The lowest BCUT2D eigenvalue weighted by Crippen LogP contribution is -2.31.